The van der Waals surface area contributed by atoms with E-state index in [0.29, 0.717) is 16.6 Å². The number of rotatable bonds is 9. The Morgan fingerprint density at radius 1 is 1.11 bits per heavy atom. The van der Waals surface area contributed by atoms with E-state index < -0.39 is 18.2 Å². The van der Waals surface area contributed by atoms with E-state index in [-0.39, 0.29) is 51.0 Å². The number of hydrazine groups is 1. The number of anilines is 2. The molecule has 12 nitrogen and oxygen atoms in total. The topological polar surface area (TPSA) is 150 Å². The first kappa shape index (κ1) is 30.7. The molecule has 0 bridgehead atoms. The van der Waals surface area contributed by atoms with E-state index in [1.54, 1.807) is 34.1 Å². The number of amides is 4. The van der Waals surface area contributed by atoms with Gasteiger partial charge in [-0.25, -0.2) is 14.8 Å². The number of terminal acetylenes is 1. The van der Waals surface area contributed by atoms with Gasteiger partial charge in [0.2, 0.25) is 11.8 Å². The van der Waals surface area contributed by atoms with E-state index in [4.69, 9.17) is 22.6 Å². The average Bonchev–Trinajstić information content (AvgIpc) is 3.60. The van der Waals surface area contributed by atoms with Crippen molar-refractivity contribution in [2.45, 2.75) is 31.7 Å². The van der Waals surface area contributed by atoms with E-state index in [1.165, 1.54) is 16.3 Å². The lowest BCUT2D eigenvalue weighted by molar-refractivity contribution is -0.157. The summed E-state index contributed by atoms with van der Waals surface area (Å²) in [6.45, 7) is 0.472. The van der Waals surface area contributed by atoms with E-state index in [9.17, 15) is 14.4 Å². The molecule has 2 atom stereocenters. The Labute approximate surface area is 270 Å². The number of nitrogen functional groups attached to an aromatic ring is 2. The Kier molecular flexibility index (Phi) is 8.65. The molecule has 2 aliphatic heterocycles. The number of nitrogens with one attached hydrogen (secondary N) is 1. The highest BCUT2D eigenvalue weighted by Gasteiger charge is 2.52. The molecule has 6 rings (SSSR count). The van der Waals surface area contributed by atoms with Gasteiger partial charge in [0, 0.05) is 25.2 Å². The van der Waals surface area contributed by atoms with Crippen molar-refractivity contribution in [3.8, 4) is 18.1 Å². The van der Waals surface area contributed by atoms with Crippen LogP contribution in [0.2, 0.25) is 0 Å². The van der Waals surface area contributed by atoms with Crippen molar-refractivity contribution in [3.63, 3.8) is 0 Å². The van der Waals surface area contributed by atoms with Crippen LogP contribution in [0.15, 0.2) is 66.7 Å². The Balaban J connectivity index is 1.30. The number of hydrogen-bond donors (Lipinski definition) is 3. The Hall–Kier alpha value is -5.32. The van der Waals surface area contributed by atoms with Crippen LogP contribution in [0.5, 0.6) is 5.75 Å². The molecule has 3 aromatic carbocycles. The van der Waals surface area contributed by atoms with Gasteiger partial charge in [0.25, 0.3) is 0 Å². The first-order valence-electron chi connectivity index (χ1n) is 14.7. The van der Waals surface area contributed by atoms with Gasteiger partial charge in [-0.15, -0.1) is 6.42 Å². The zero-order chi connectivity index (χ0) is 32.4. The van der Waals surface area contributed by atoms with Crippen molar-refractivity contribution in [2.75, 3.05) is 38.2 Å². The van der Waals surface area contributed by atoms with Gasteiger partial charge in [-0.1, -0.05) is 53.7 Å². The van der Waals surface area contributed by atoms with E-state index >= 15 is 0 Å². The third-order valence-electron chi connectivity index (χ3n) is 8.24. The molecule has 3 heterocycles. The second-order valence-corrected chi connectivity index (χ2v) is 12.2. The van der Waals surface area contributed by atoms with Crippen LogP contribution in [0.3, 0.4) is 0 Å². The number of piperazine rings is 1. The van der Waals surface area contributed by atoms with Gasteiger partial charge in [-0.2, -0.15) is 5.01 Å². The third-order valence-corrected chi connectivity index (χ3v) is 9.09. The summed E-state index contributed by atoms with van der Waals surface area (Å²) in [4.78, 5) is 49.3. The summed E-state index contributed by atoms with van der Waals surface area (Å²) >= 11 is 1.38. The molecule has 46 heavy (non-hydrogen) atoms. The standard InChI is InChI=1S/C33H34N8O4S/c1-3-15-39(33(44)36-17-22-9-13-25(45-2)14-10-22)40-20-29(42)41-26(16-21-7-11-24(34)12-8-21)31(43)38(19-28(40)41)18-23-5-4-6-27-30(23)37-32(35)46-27/h1,4-14,26,28H,15-20,34H2,2H3,(H2,35,37)(H,36,44)/t26-,28+/m0/s1. The molecule has 4 aromatic rings. The molecule has 236 valence electrons. The lowest BCUT2D eigenvalue weighted by Gasteiger charge is -2.46. The van der Waals surface area contributed by atoms with Gasteiger partial charge < -0.3 is 31.3 Å². The number of urea groups is 1. The summed E-state index contributed by atoms with van der Waals surface area (Å²) in [7, 11) is 1.59. The normalized spacial score (nSPS) is 18.0. The van der Waals surface area contributed by atoms with Crippen LogP contribution in [0.4, 0.5) is 15.6 Å². The van der Waals surface area contributed by atoms with Crippen molar-refractivity contribution in [1.82, 2.24) is 30.1 Å². The maximum Gasteiger partial charge on any atom is 0.333 e. The highest BCUT2D eigenvalue weighted by molar-refractivity contribution is 7.22. The van der Waals surface area contributed by atoms with Crippen LogP contribution in [-0.2, 0) is 29.1 Å². The van der Waals surface area contributed by atoms with Gasteiger partial charge in [0.15, 0.2) is 5.13 Å². The van der Waals surface area contributed by atoms with Gasteiger partial charge in [-0.05, 0) is 47.0 Å². The number of ether oxygens (including phenoxy) is 1. The first-order valence-corrected chi connectivity index (χ1v) is 15.5. The summed E-state index contributed by atoms with van der Waals surface area (Å²) in [5.74, 6) is 2.80. The highest BCUT2D eigenvalue weighted by atomic mass is 32.1. The molecule has 0 saturated carbocycles. The van der Waals surface area contributed by atoms with Gasteiger partial charge in [0.05, 0.1) is 37.0 Å². The second kappa shape index (κ2) is 13.0. The number of thiazole rings is 1. The lowest BCUT2D eigenvalue weighted by Crippen LogP contribution is -2.66. The number of hydrogen-bond acceptors (Lipinski definition) is 9. The number of fused-ring (bicyclic) bond motifs is 2. The predicted molar refractivity (Wildman–Crippen MR) is 176 cm³/mol. The van der Waals surface area contributed by atoms with E-state index in [2.05, 4.69) is 16.2 Å². The summed E-state index contributed by atoms with van der Waals surface area (Å²) in [5, 5.41) is 6.40. The van der Waals surface area contributed by atoms with Crippen LogP contribution >= 0.6 is 11.3 Å². The Bertz CT molecular complexity index is 1800. The summed E-state index contributed by atoms with van der Waals surface area (Å²) in [5.41, 5.74) is 15.8. The molecule has 1 aromatic heterocycles. The van der Waals surface area contributed by atoms with Crippen molar-refractivity contribution in [2.24, 2.45) is 0 Å². The minimum Gasteiger partial charge on any atom is -0.497 e. The largest absolute Gasteiger partial charge is 0.497 e. The fourth-order valence-electron chi connectivity index (χ4n) is 6.00. The van der Waals surface area contributed by atoms with Crippen LogP contribution in [0.1, 0.15) is 16.7 Å². The van der Waals surface area contributed by atoms with Gasteiger partial charge >= 0.3 is 6.03 Å². The second-order valence-electron chi connectivity index (χ2n) is 11.1. The zero-order valence-electron chi connectivity index (χ0n) is 25.3. The Morgan fingerprint density at radius 3 is 2.57 bits per heavy atom. The molecule has 4 amide bonds. The molecule has 0 aliphatic carbocycles. The van der Waals surface area contributed by atoms with Gasteiger partial charge in [-0.3, -0.25) is 9.59 Å². The molecule has 2 saturated heterocycles. The lowest BCUT2D eigenvalue weighted by atomic mass is 9.99. The summed E-state index contributed by atoms with van der Waals surface area (Å²) in [6.07, 6.45) is 5.36. The molecular formula is C33H34N8O4S. The summed E-state index contributed by atoms with van der Waals surface area (Å²) in [6, 6.07) is 19.1. The van der Waals surface area contributed by atoms with Gasteiger partial charge in [0.1, 0.15) is 18.0 Å². The highest BCUT2D eigenvalue weighted by Crippen LogP contribution is 2.32. The zero-order valence-corrected chi connectivity index (χ0v) is 26.1. The smallest absolute Gasteiger partial charge is 0.333 e. The van der Waals surface area contributed by atoms with Crippen molar-refractivity contribution in [3.05, 3.63) is 83.4 Å². The van der Waals surface area contributed by atoms with Crippen LogP contribution in [-0.4, -0.2) is 81.6 Å². The molecule has 0 radical (unpaired) electrons. The average molecular weight is 639 g/mol. The number of carbonyl (C=O) groups excluding carboxylic acids is 3. The predicted octanol–water partition coefficient (Wildman–Crippen LogP) is 2.65. The monoisotopic (exact) mass is 638 g/mol. The molecule has 2 fully saturated rings. The van der Waals surface area contributed by atoms with E-state index in [1.807, 2.05) is 54.6 Å². The fraction of sp³-hybridized carbons (Fsp3) is 0.273. The van der Waals surface area contributed by atoms with Crippen molar-refractivity contribution < 1.29 is 19.1 Å². The van der Waals surface area contributed by atoms with Crippen LogP contribution in [0.25, 0.3) is 10.2 Å². The number of carbonyl (C=O) groups is 3. The number of aromatic nitrogens is 1. The number of nitrogens with two attached hydrogens (primary N) is 2. The minimum absolute atomic E-state index is 0.0694. The van der Waals surface area contributed by atoms with Crippen molar-refractivity contribution in [1.29, 1.82) is 0 Å². The van der Waals surface area contributed by atoms with Crippen molar-refractivity contribution >= 4 is 50.2 Å². The SMILES string of the molecule is C#CCN(C(=O)NCc1ccc(OC)cc1)N1CC(=O)N2[C@@H](Cc3ccc(N)cc3)C(=O)N(Cc3cccc4sc(N)nc34)C[C@@H]21. The van der Waals surface area contributed by atoms with E-state index in [0.717, 1.165) is 26.9 Å². The maximum absolute atomic E-state index is 14.2. The number of methoxy groups -OCH3 is 1. The maximum atomic E-state index is 14.2. The molecule has 2 aliphatic rings. The first-order chi connectivity index (χ1) is 22.2. The van der Waals surface area contributed by atoms with Crippen LogP contribution in [0, 0.1) is 12.3 Å². The quantitative estimate of drug-likeness (QED) is 0.187. The molecule has 0 spiro atoms. The molecule has 5 N–H and O–H groups in total. The number of nitrogens with zero attached hydrogens (tertiary/aromatic N) is 5. The Morgan fingerprint density at radius 2 is 1.85 bits per heavy atom. The molecule has 13 heteroatoms. The number of para-hydroxylation sites is 1. The molecule has 0 unspecified atom stereocenters. The fourth-order valence-corrected chi connectivity index (χ4v) is 6.78. The third kappa shape index (κ3) is 6.13. The summed E-state index contributed by atoms with van der Waals surface area (Å²) < 4.78 is 6.14. The molecular weight excluding hydrogens is 604 g/mol. The number of benzene rings is 3. The van der Waals surface area contributed by atoms with Crippen LogP contribution < -0.4 is 21.5 Å². The minimum atomic E-state index is -0.811.